The Morgan fingerprint density at radius 2 is 1.47 bits per heavy atom. The van der Waals surface area contributed by atoms with Crippen molar-refractivity contribution < 1.29 is 14.3 Å². The zero-order chi connectivity index (χ0) is 24.3. The predicted octanol–water partition coefficient (Wildman–Crippen LogP) is 4.68. The van der Waals surface area contributed by atoms with Crippen molar-refractivity contribution in [2.24, 2.45) is 0 Å². The van der Waals surface area contributed by atoms with E-state index in [2.05, 4.69) is 18.7 Å². The smallest absolute Gasteiger partial charge is 0.335 e. The first-order chi connectivity index (χ1) is 16.5. The lowest BCUT2D eigenvalue weighted by Crippen LogP contribution is -2.31. The summed E-state index contributed by atoms with van der Waals surface area (Å²) >= 11 is 0. The Kier molecular flexibility index (Phi) is 8.32. The lowest BCUT2D eigenvalue weighted by molar-refractivity contribution is -0.132. The highest BCUT2D eigenvalue weighted by molar-refractivity contribution is 5.83. The maximum absolute atomic E-state index is 13.3. The molecule has 0 N–H and O–H groups in total. The summed E-state index contributed by atoms with van der Waals surface area (Å²) < 4.78 is 5.15. The molecule has 0 saturated heterocycles. The van der Waals surface area contributed by atoms with Gasteiger partial charge in [-0.2, -0.15) is 10.5 Å². The summed E-state index contributed by atoms with van der Waals surface area (Å²) in [6.07, 6.45) is 1.74. The molecule has 34 heavy (non-hydrogen) atoms. The maximum Gasteiger partial charge on any atom is 0.335 e. The minimum Gasteiger partial charge on any atom is -0.423 e. The highest BCUT2D eigenvalue weighted by atomic mass is 16.5. The van der Waals surface area contributed by atoms with Gasteiger partial charge in [0.05, 0.1) is 23.3 Å². The van der Waals surface area contributed by atoms with Crippen LogP contribution in [-0.4, -0.2) is 16.8 Å². The van der Waals surface area contributed by atoms with Crippen LogP contribution in [0.2, 0.25) is 0 Å². The van der Waals surface area contributed by atoms with Gasteiger partial charge in [-0.15, -0.1) is 0 Å². The Morgan fingerprint density at radius 1 is 0.882 bits per heavy atom. The highest BCUT2D eigenvalue weighted by Crippen LogP contribution is 2.19. The number of hydrogen-bond acceptors (Lipinski definition) is 5. The second kappa shape index (κ2) is 11.8. The van der Waals surface area contributed by atoms with E-state index in [0.717, 1.165) is 22.8 Å². The Balaban J connectivity index is 1.80. The van der Waals surface area contributed by atoms with E-state index in [0.29, 0.717) is 23.3 Å². The molecule has 0 unspecified atom stereocenters. The standard InChI is InChI=1S/C28H23N3O3/c1-2-28(33)34-26-13-7-8-21(16-26)14-15-27(32)31(19-24-11-5-3-9-22(24)17-29)20-25-12-6-4-10-23(25)18-30/h2-13,16H,1,14-15,19-20H2. The first-order valence-corrected chi connectivity index (χ1v) is 10.7. The molecule has 0 heterocycles. The van der Waals surface area contributed by atoms with Gasteiger partial charge in [-0.25, -0.2) is 4.79 Å². The third kappa shape index (κ3) is 6.41. The van der Waals surface area contributed by atoms with Crippen molar-refractivity contribution in [1.29, 1.82) is 10.5 Å². The van der Waals surface area contributed by atoms with Crippen LogP contribution in [0.15, 0.2) is 85.5 Å². The molecule has 0 fully saturated rings. The summed E-state index contributed by atoms with van der Waals surface area (Å²) in [5.41, 5.74) is 3.34. The minimum atomic E-state index is -0.549. The van der Waals surface area contributed by atoms with E-state index in [9.17, 15) is 20.1 Å². The molecule has 1 amide bonds. The minimum absolute atomic E-state index is 0.117. The molecule has 0 aliphatic heterocycles. The second-order valence-corrected chi connectivity index (χ2v) is 7.56. The van der Waals surface area contributed by atoms with Gasteiger partial charge in [-0.3, -0.25) is 4.79 Å². The highest BCUT2D eigenvalue weighted by Gasteiger charge is 2.18. The van der Waals surface area contributed by atoms with Crippen LogP contribution in [0, 0.1) is 22.7 Å². The number of aryl methyl sites for hydroxylation is 1. The SMILES string of the molecule is C=CC(=O)Oc1cccc(CCC(=O)N(Cc2ccccc2C#N)Cc2ccccc2C#N)c1. The van der Waals surface area contributed by atoms with Crippen molar-refractivity contribution in [3.8, 4) is 17.9 Å². The maximum atomic E-state index is 13.3. The molecule has 3 aromatic carbocycles. The van der Waals surface area contributed by atoms with E-state index >= 15 is 0 Å². The van der Waals surface area contributed by atoms with Crippen molar-refractivity contribution in [3.05, 3.63) is 113 Å². The number of benzene rings is 3. The number of carbonyl (C=O) groups is 2. The number of esters is 1. The van der Waals surface area contributed by atoms with E-state index in [-0.39, 0.29) is 25.4 Å². The van der Waals surface area contributed by atoms with Crippen molar-refractivity contribution in [1.82, 2.24) is 4.90 Å². The van der Waals surface area contributed by atoms with E-state index in [1.165, 1.54) is 0 Å². The fourth-order valence-corrected chi connectivity index (χ4v) is 3.51. The summed E-state index contributed by atoms with van der Waals surface area (Å²) in [6.45, 7) is 3.89. The van der Waals surface area contributed by atoms with E-state index in [1.54, 1.807) is 47.4 Å². The molecular formula is C28H23N3O3. The molecule has 3 rings (SSSR count). The zero-order valence-electron chi connectivity index (χ0n) is 18.6. The van der Waals surface area contributed by atoms with Crippen LogP contribution in [0.3, 0.4) is 0 Å². The van der Waals surface area contributed by atoms with Crippen LogP contribution in [0.25, 0.3) is 0 Å². The number of nitriles is 2. The topological polar surface area (TPSA) is 94.2 Å². The number of hydrogen-bond donors (Lipinski definition) is 0. The van der Waals surface area contributed by atoms with Gasteiger partial charge in [0.1, 0.15) is 5.75 Å². The van der Waals surface area contributed by atoms with Crippen LogP contribution < -0.4 is 4.74 Å². The monoisotopic (exact) mass is 449 g/mol. The molecule has 0 aromatic heterocycles. The molecule has 0 bridgehead atoms. The van der Waals surface area contributed by atoms with Crippen molar-refractivity contribution in [3.63, 3.8) is 0 Å². The predicted molar refractivity (Wildman–Crippen MR) is 127 cm³/mol. The van der Waals surface area contributed by atoms with E-state index in [4.69, 9.17) is 4.74 Å². The first-order valence-electron chi connectivity index (χ1n) is 10.7. The summed E-state index contributed by atoms with van der Waals surface area (Å²) in [6, 6.07) is 25.7. The quantitative estimate of drug-likeness (QED) is 0.268. The average Bonchev–Trinajstić information content (AvgIpc) is 2.87. The van der Waals surface area contributed by atoms with Gasteiger partial charge in [0.2, 0.25) is 5.91 Å². The molecule has 0 spiro atoms. The van der Waals surface area contributed by atoms with Crippen molar-refractivity contribution in [2.45, 2.75) is 25.9 Å². The summed E-state index contributed by atoms with van der Waals surface area (Å²) in [4.78, 5) is 26.4. The van der Waals surface area contributed by atoms with Crippen LogP contribution >= 0.6 is 0 Å². The third-order valence-electron chi connectivity index (χ3n) is 5.26. The number of ether oxygens (including phenoxy) is 1. The molecule has 0 radical (unpaired) electrons. The van der Waals surface area contributed by atoms with Gasteiger partial charge in [-0.1, -0.05) is 55.1 Å². The molecule has 168 valence electrons. The van der Waals surface area contributed by atoms with Gasteiger partial charge in [0.15, 0.2) is 0 Å². The van der Waals surface area contributed by atoms with Crippen LogP contribution in [0.5, 0.6) is 5.75 Å². The summed E-state index contributed by atoms with van der Waals surface area (Å²) in [5.74, 6) is -0.279. The molecule has 6 nitrogen and oxygen atoms in total. The lowest BCUT2D eigenvalue weighted by Gasteiger charge is -2.24. The Bertz CT molecular complexity index is 1220. The second-order valence-electron chi connectivity index (χ2n) is 7.56. The van der Waals surface area contributed by atoms with Crippen LogP contribution in [0.1, 0.15) is 34.2 Å². The normalized spacial score (nSPS) is 9.94. The largest absolute Gasteiger partial charge is 0.423 e. The Labute approximate surface area is 198 Å². The molecular weight excluding hydrogens is 426 g/mol. The molecule has 3 aromatic rings. The Morgan fingerprint density at radius 3 is 2.03 bits per heavy atom. The molecule has 0 saturated carbocycles. The number of amides is 1. The van der Waals surface area contributed by atoms with Gasteiger partial charge in [0, 0.05) is 25.6 Å². The van der Waals surface area contributed by atoms with Crippen LogP contribution in [0.4, 0.5) is 0 Å². The number of carbonyl (C=O) groups excluding carboxylic acids is 2. The van der Waals surface area contributed by atoms with Crippen LogP contribution in [-0.2, 0) is 29.1 Å². The molecule has 6 heteroatoms. The van der Waals surface area contributed by atoms with Gasteiger partial charge in [0.25, 0.3) is 0 Å². The third-order valence-corrected chi connectivity index (χ3v) is 5.26. The van der Waals surface area contributed by atoms with E-state index < -0.39 is 5.97 Å². The summed E-state index contributed by atoms with van der Waals surface area (Å²) in [5, 5.41) is 18.9. The first kappa shape index (κ1) is 24.0. The van der Waals surface area contributed by atoms with Crippen molar-refractivity contribution in [2.75, 3.05) is 0 Å². The lowest BCUT2D eigenvalue weighted by atomic mass is 10.0. The fourth-order valence-electron chi connectivity index (χ4n) is 3.51. The number of rotatable bonds is 9. The molecule has 0 aliphatic rings. The average molecular weight is 450 g/mol. The van der Waals surface area contributed by atoms with Gasteiger partial charge >= 0.3 is 5.97 Å². The summed E-state index contributed by atoms with van der Waals surface area (Å²) in [7, 11) is 0. The molecule has 0 atom stereocenters. The van der Waals surface area contributed by atoms with Crippen molar-refractivity contribution >= 4 is 11.9 Å². The fraction of sp³-hybridized carbons (Fsp3) is 0.143. The Hall–Kier alpha value is -4.68. The van der Waals surface area contributed by atoms with E-state index in [1.807, 2.05) is 30.3 Å². The van der Waals surface area contributed by atoms with Gasteiger partial charge < -0.3 is 9.64 Å². The molecule has 0 aliphatic carbocycles. The number of nitrogens with zero attached hydrogens (tertiary/aromatic N) is 3. The zero-order valence-corrected chi connectivity index (χ0v) is 18.6. The van der Waals surface area contributed by atoms with Gasteiger partial charge in [-0.05, 0) is 47.4 Å².